The third kappa shape index (κ3) is 3.18. The molecule has 3 heteroatoms. The van der Waals surface area contributed by atoms with Gasteiger partial charge in [-0.25, -0.2) is 0 Å². The van der Waals surface area contributed by atoms with Crippen LogP contribution >= 0.6 is 11.6 Å². The van der Waals surface area contributed by atoms with Crippen molar-refractivity contribution in [2.24, 2.45) is 5.41 Å². The molecule has 2 nitrogen and oxygen atoms in total. The van der Waals surface area contributed by atoms with Crippen LogP contribution in [0, 0.1) is 5.41 Å². The fourth-order valence-electron chi connectivity index (χ4n) is 4.09. The van der Waals surface area contributed by atoms with Crippen molar-refractivity contribution in [3.63, 3.8) is 0 Å². The lowest BCUT2D eigenvalue weighted by molar-refractivity contribution is 0.229. The van der Waals surface area contributed by atoms with Crippen LogP contribution in [-0.2, 0) is 0 Å². The first-order valence-corrected chi connectivity index (χ1v) is 9.24. The summed E-state index contributed by atoms with van der Waals surface area (Å²) < 4.78 is 0. The van der Waals surface area contributed by atoms with Gasteiger partial charge in [-0.2, -0.15) is 0 Å². The van der Waals surface area contributed by atoms with E-state index < -0.39 is 0 Å². The second-order valence-corrected chi connectivity index (χ2v) is 7.39. The molecule has 1 spiro atoms. The Balaban J connectivity index is 2.02. The van der Waals surface area contributed by atoms with Gasteiger partial charge in [0.05, 0.1) is 0 Å². The highest BCUT2D eigenvalue weighted by atomic mass is 35.5. The molecule has 2 N–H and O–H groups in total. The number of hydrogen-bond donors (Lipinski definition) is 2. The van der Waals surface area contributed by atoms with Crippen molar-refractivity contribution in [2.75, 3.05) is 13.1 Å². The quantitative estimate of drug-likeness (QED) is 0.754. The summed E-state index contributed by atoms with van der Waals surface area (Å²) in [7, 11) is 0. The standard InChI is InChI=1S/C21H27ClN2/c1-4-16-14-17(22)6-7-18(16)20-15(3)8-9-21(19(5-2)24-20)10-12-23-13-11-21/h4-7,14,23-24H,1,8-13H2,2-3H3. The lowest BCUT2D eigenvalue weighted by Gasteiger charge is -2.39. The van der Waals surface area contributed by atoms with Crippen molar-refractivity contribution in [2.45, 2.75) is 39.5 Å². The van der Waals surface area contributed by atoms with Gasteiger partial charge in [0.15, 0.2) is 0 Å². The number of benzene rings is 1. The lowest BCUT2D eigenvalue weighted by atomic mass is 9.72. The second-order valence-electron chi connectivity index (χ2n) is 6.95. The zero-order valence-electron chi connectivity index (χ0n) is 14.7. The molecule has 0 aliphatic carbocycles. The monoisotopic (exact) mass is 342 g/mol. The van der Waals surface area contributed by atoms with E-state index >= 15 is 0 Å². The predicted octanol–water partition coefficient (Wildman–Crippen LogP) is 5.37. The molecule has 0 aromatic heterocycles. The van der Waals surface area contributed by atoms with Crippen LogP contribution < -0.4 is 10.6 Å². The summed E-state index contributed by atoms with van der Waals surface area (Å²) in [6, 6.07) is 6.07. The van der Waals surface area contributed by atoms with E-state index in [2.05, 4.69) is 43.2 Å². The third-order valence-corrected chi connectivity index (χ3v) is 5.82. The number of rotatable bonds is 2. The van der Waals surface area contributed by atoms with E-state index in [0.29, 0.717) is 0 Å². The van der Waals surface area contributed by atoms with Crippen molar-refractivity contribution in [3.05, 3.63) is 58.3 Å². The summed E-state index contributed by atoms with van der Waals surface area (Å²) in [6.45, 7) is 10.6. The Kier molecular flexibility index (Phi) is 5.17. The Morgan fingerprint density at radius 1 is 1.21 bits per heavy atom. The van der Waals surface area contributed by atoms with E-state index in [1.807, 2.05) is 18.2 Å². The Labute approximate surface area is 150 Å². The van der Waals surface area contributed by atoms with Gasteiger partial charge >= 0.3 is 0 Å². The molecule has 0 bridgehead atoms. The van der Waals surface area contributed by atoms with E-state index in [1.165, 1.54) is 41.8 Å². The van der Waals surface area contributed by atoms with E-state index in [0.717, 1.165) is 30.1 Å². The lowest BCUT2D eigenvalue weighted by Crippen LogP contribution is -2.40. The Bertz CT molecular complexity index is 694. The van der Waals surface area contributed by atoms with E-state index in [9.17, 15) is 0 Å². The number of nitrogens with one attached hydrogen (secondary N) is 2. The van der Waals surface area contributed by atoms with E-state index in [4.69, 9.17) is 11.6 Å². The molecule has 0 atom stereocenters. The molecule has 2 heterocycles. The molecule has 24 heavy (non-hydrogen) atoms. The fraction of sp³-hybridized carbons (Fsp3) is 0.429. The highest BCUT2D eigenvalue weighted by Gasteiger charge is 2.37. The van der Waals surface area contributed by atoms with Gasteiger partial charge < -0.3 is 10.6 Å². The van der Waals surface area contributed by atoms with Crippen LogP contribution in [0.3, 0.4) is 0 Å². The van der Waals surface area contributed by atoms with Gasteiger partial charge in [0.2, 0.25) is 0 Å². The summed E-state index contributed by atoms with van der Waals surface area (Å²) in [4.78, 5) is 0. The van der Waals surface area contributed by atoms with E-state index in [-0.39, 0.29) is 5.41 Å². The minimum Gasteiger partial charge on any atom is -0.358 e. The van der Waals surface area contributed by atoms with Crippen molar-refractivity contribution < 1.29 is 0 Å². The smallest absolute Gasteiger partial charge is 0.0450 e. The Morgan fingerprint density at radius 2 is 1.96 bits per heavy atom. The molecule has 2 aliphatic rings. The Hall–Kier alpha value is -1.51. The fourth-order valence-corrected chi connectivity index (χ4v) is 4.27. The minimum atomic E-state index is 0.282. The SMILES string of the molecule is C=Cc1cc(Cl)ccc1C1=C(C)CCC2(CCNCC2)C(=CC)N1. The molecule has 1 aromatic carbocycles. The van der Waals surface area contributed by atoms with Gasteiger partial charge in [-0.15, -0.1) is 0 Å². The molecule has 0 amide bonds. The summed E-state index contributed by atoms with van der Waals surface area (Å²) in [5.74, 6) is 0. The summed E-state index contributed by atoms with van der Waals surface area (Å²) in [5.41, 5.74) is 6.57. The first kappa shape index (κ1) is 17.3. The van der Waals surface area contributed by atoms with Gasteiger partial charge in [0, 0.05) is 27.4 Å². The number of piperidine rings is 1. The first-order chi connectivity index (χ1) is 11.6. The zero-order chi connectivity index (χ0) is 17.2. The number of allylic oxidation sites excluding steroid dienone is 3. The summed E-state index contributed by atoms with van der Waals surface area (Å²) in [6.07, 6.45) is 8.91. The highest BCUT2D eigenvalue weighted by Crippen LogP contribution is 2.45. The maximum Gasteiger partial charge on any atom is 0.0450 e. The van der Waals surface area contributed by atoms with Crippen LogP contribution in [0.2, 0.25) is 5.02 Å². The average molecular weight is 343 g/mol. The molecule has 0 radical (unpaired) electrons. The van der Waals surface area contributed by atoms with Crippen molar-refractivity contribution in [1.82, 2.24) is 10.6 Å². The molecule has 2 aliphatic heterocycles. The van der Waals surface area contributed by atoms with Crippen LogP contribution in [0.15, 0.2) is 42.1 Å². The molecule has 1 aromatic rings. The zero-order valence-corrected chi connectivity index (χ0v) is 15.5. The molecular formula is C21H27ClN2. The van der Waals surface area contributed by atoms with Crippen LogP contribution in [0.1, 0.15) is 50.7 Å². The van der Waals surface area contributed by atoms with Gasteiger partial charge in [0.25, 0.3) is 0 Å². The molecule has 1 saturated heterocycles. The van der Waals surface area contributed by atoms with Crippen molar-refractivity contribution in [1.29, 1.82) is 0 Å². The van der Waals surface area contributed by atoms with Crippen LogP contribution in [0.5, 0.6) is 0 Å². The van der Waals surface area contributed by atoms with Crippen LogP contribution in [0.4, 0.5) is 0 Å². The number of hydrogen-bond acceptors (Lipinski definition) is 2. The van der Waals surface area contributed by atoms with Gasteiger partial charge in [0.1, 0.15) is 0 Å². The molecule has 1 fully saturated rings. The summed E-state index contributed by atoms with van der Waals surface area (Å²) >= 11 is 6.17. The molecular weight excluding hydrogens is 316 g/mol. The maximum absolute atomic E-state index is 6.17. The minimum absolute atomic E-state index is 0.282. The molecule has 0 unspecified atom stereocenters. The molecule has 0 saturated carbocycles. The number of halogens is 1. The normalized spacial score (nSPS) is 22.4. The molecule has 3 rings (SSSR count). The topological polar surface area (TPSA) is 24.1 Å². The predicted molar refractivity (Wildman–Crippen MR) is 105 cm³/mol. The van der Waals surface area contributed by atoms with E-state index in [1.54, 1.807) is 0 Å². The third-order valence-electron chi connectivity index (χ3n) is 5.59. The van der Waals surface area contributed by atoms with Gasteiger partial charge in [-0.1, -0.05) is 36.4 Å². The Morgan fingerprint density at radius 3 is 2.62 bits per heavy atom. The van der Waals surface area contributed by atoms with Crippen LogP contribution in [0.25, 0.3) is 11.8 Å². The largest absolute Gasteiger partial charge is 0.358 e. The summed E-state index contributed by atoms with van der Waals surface area (Å²) in [5, 5.41) is 8.06. The van der Waals surface area contributed by atoms with Gasteiger partial charge in [-0.05, 0) is 75.9 Å². The van der Waals surface area contributed by atoms with Crippen LogP contribution in [-0.4, -0.2) is 13.1 Å². The van der Waals surface area contributed by atoms with Crippen molar-refractivity contribution >= 4 is 23.4 Å². The maximum atomic E-state index is 6.17. The average Bonchev–Trinajstić information content (AvgIpc) is 2.73. The first-order valence-electron chi connectivity index (χ1n) is 8.86. The highest BCUT2D eigenvalue weighted by molar-refractivity contribution is 6.30. The van der Waals surface area contributed by atoms with Crippen molar-refractivity contribution in [3.8, 4) is 0 Å². The second kappa shape index (κ2) is 7.16. The van der Waals surface area contributed by atoms with Gasteiger partial charge in [-0.3, -0.25) is 0 Å². The molecule has 128 valence electrons.